The first kappa shape index (κ1) is 11.6. The lowest BCUT2D eigenvalue weighted by Gasteiger charge is -2.28. The molecule has 3 nitrogen and oxygen atoms in total. The number of nitrogens with two attached hydrogens (primary N) is 1. The predicted octanol–water partition coefficient (Wildman–Crippen LogP) is 2.80. The van der Waals surface area contributed by atoms with Gasteiger partial charge in [-0.15, -0.1) is 0 Å². The SMILES string of the molecule is NC(c1cccc2cccnc12)C1CCCCO1. The molecule has 1 aromatic heterocycles. The summed E-state index contributed by atoms with van der Waals surface area (Å²) in [5.41, 5.74) is 8.47. The average molecular weight is 242 g/mol. The van der Waals surface area contributed by atoms with Gasteiger partial charge in [0.1, 0.15) is 0 Å². The van der Waals surface area contributed by atoms with Crippen molar-refractivity contribution in [1.29, 1.82) is 0 Å². The molecule has 0 saturated carbocycles. The highest BCUT2D eigenvalue weighted by Gasteiger charge is 2.24. The van der Waals surface area contributed by atoms with Crippen molar-refractivity contribution in [3.8, 4) is 0 Å². The molecule has 2 unspecified atom stereocenters. The van der Waals surface area contributed by atoms with E-state index in [4.69, 9.17) is 10.5 Å². The second-order valence-corrected chi connectivity index (χ2v) is 4.85. The second kappa shape index (κ2) is 5.04. The van der Waals surface area contributed by atoms with Crippen LogP contribution in [0.5, 0.6) is 0 Å². The number of aromatic nitrogens is 1. The van der Waals surface area contributed by atoms with Gasteiger partial charge in [-0.05, 0) is 30.9 Å². The smallest absolute Gasteiger partial charge is 0.0768 e. The standard InChI is InChI=1S/C15H18N2O/c16-14(13-8-1-2-10-18-13)12-7-3-5-11-6-4-9-17-15(11)12/h3-7,9,13-14H,1-2,8,10,16H2. The highest BCUT2D eigenvalue weighted by Crippen LogP contribution is 2.28. The summed E-state index contributed by atoms with van der Waals surface area (Å²) in [5, 5.41) is 1.14. The quantitative estimate of drug-likeness (QED) is 0.881. The Morgan fingerprint density at radius 2 is 2.11 bits per heavy atom. The fourth-order valence-electron chi connectivity index (χ4n) is 2.65. The maximum Gasteiger partial charge on any atom is 0.0768 e. The molecule has 1 aliphatic heterocycles. The monoisotopic (exact) mass is 242 g/mol. The Balaban J connectivity index is 1.97. The number of para-hydroxylation sites is 1. The molecule has 1 aliphatic rings. The van der Waals surface area contributed by atoms with Gasteiger partial charge >= 0.3 is 0 Å². The molecule has 1 saturated heterocycles. The van der Waals surface area contributed by atoms with Gasteiger partial charge in [-0.2, -0.15) is 0 Å². The fourth-order valence-corrected chi connectivity index (χ4v) is 2.65. The van der Waals surface area contributed by atoms with Crippen molar-refractivity contribution in [3.63, 3.8) is 0 Å². The molecule has 0 aliphatic carbocycles. The van der Waals surface area contributed by atoms with Crippen LogP contribution >= 0.6 is 0 Å². The van der Waals surface area contributed by atoms with E-state index >= 15 is 0 Å². The molecule has 2 heterocycles. The highest BCUT2D eigenvalue weighted by molar-refractivity contribution is 5.82. The summed E-state index contributed by atoms with van der Waals surface area (Å²) < 4.78 is 5.79. The van der Waals surface area contributed by atoms with Gasteiger partial charge in [0.15, 0.2) is 0 Å². The Morgan fingerprint density at radius 3 is 2.94 bits per heavy atom. The molecule has 0 spiro atoms. The van der Waals surface area contributed by atoms with E-state index in [-0.39, 0.29) is 12.1 Å². The maximum absolute atomic E-state index is 6.37. The van der Waals surface area contributed by atoms with Crippen LogP contribution in [0.15, 0.2) is 36.5 Å². The van der Waals surface area contributed by atoms with E-state index in [2.05, 4.69) is 23.2 Å². The van der Waals surface area contributed by atoms with Crippen molar-refractivity contribution < 1.29 is 4.74 Å². The summed E-state index contributed by atoms with van der Waals surface area (Å²) in [5.74, 6) is 0. The first-order chi connectivity index (χ1) is 8.86. The van der Waals surface area contributed by atoms with Gasteiger partial charge in [0.2, 0.25) is 0 Å². The minimum absolute atomic E-state index is 0.0797. The molecule has 0 bridgehead atoms. The first-order valence-corrected chi connectivity index (χ1v) is 6.57. The zero-order valence-corrected chi connectivity index (χ0v) is 10.4. The average Bonchev–Trinajstić information content (AvgIpc) is 2.47. The Hall–Kier alpha value is -1.45. The number of fused-ring (bicyclic) bond motifs is 1. The molecular formula is C15H18N2O. The molecule has 18 heavy (non-hydrogen) atoms. The van der Waals surface area contributed by atoms with Crippen LogP contribution in [0.25, 0.3) is 10.9 Å². The van der Waals surface area contributed by atoms with Gasteiger partial charge in [-0.25, -0.2) is 0 Å². The van der Waals surface area contributed by atoms with E-state index in [0.29, 0.717) is 0 Å². The van der Waals surface area contributed by atoms with Crippen molar-refractivity contribution in [1.82, 2.24) is 4.98 Å². The summed E-state index contributed by atoms with van der Waals surface area (Å²) in [4.78, 5) is 4.46. The number of hydrogen-bond donors (Lipinski definition) is 1. The van der Waals surface area contributed by atoms with E-state index in [1.54, 1.807) is 0 Å². The lowest BCUT2D eigenvalue weighted by Crippen LogP contribution is -2.32. The van der Waals surface area contributed by atoms with Gasteiger partial charge in [-0.3, -0.25) is 4.98 Å². The lowest BCUT2D eigenvalue weighted by atomic mass is 9.95. The molecule has 1 aromatic carbocycles. The van der Waals surface area contributed by atoms with Crippen molar-refractivity contribution in [2.45, 2.75) is 31.4 Å². The van der Waals surface area contributed by atoms with Crippen LogP contribution in [-0.4, -0.2) is 17.7 Å². The van der Waals surface area contributed by atoms with E-state index in [0.717, 1.165) is 35.9 Å². The molecule has 0 radical (unpaired) electrons. The molecule has 0 amide bonds. The number of ether oxygens (including phenoxy) is 1. The van der Waals surface area contributed by atoms with Crippen molar-refractivity contribution in [3.05, 3.63) is 42.1 Å². The molecular weight excluding hydrogens is 224 g/mol. The summed E-state index contributed by atoms with van der Waals surface area (Å²) >= 11 is 0. The van der Waals surface area contributed by atoms with Gasteiger partial charge in [0, 0.05) is 18.2 Å². The zero-order chi connectivity index (χ0) is 12.4. The van der Waals surface area contributed by atoms with Crippen LogP contribution in [0, 0.1) is 0 Å². The minimum Gasteiger partial charge on any atom is -0.376 e. The zero-order valence-electron chi connectivity index (χ0n) is 10.4. The Labute approximate surface area is 107 Å². The van der Waals surface area contributed by atoms with E-state index in [1.807, 2.05) is 18.3 Å². The molecule has 3 heteroatoms. The Bertz CT molecular complexity index is 530. The van der Waals surface area contributed by atoms with Crippen LogP contribution in [0.1, 0.15) is 30.9 Å². The van der Waals surface area contributed by atoms with Crippen molar-refractivity contribution >= 4 is 10.9 Å². The predicted molar refractivity (Wildman–Crippen MR) is 72.3 cm³/mol. The molecule has 2 aromatic rings. The van der Waals surface area contributed by atoms with Crippen LogP contribution < -0.4 is 5.73 Å². The lowest BCUT2D eigenvalue weighted by molar-refractivity contribution is 0.000243. The number of benzene rings is 1. The number of rotatable bonds is 2. The minimum atomic E-state index is -0.0797. The second-order valence-electron chi connectivity index (χ2n) is 4.85. The van der Waals surface area contributed by atoms with Crippen LogP contribution in [0.2, 0.25) is 0 Å². The largest absolute Gasteiger partial charge is 0.376 e. The van der Waals surface area contributed by atoms with Crippen LogP contribution in [0.3, 0.4) is 0 Å². The van der Waals surface area contributed by atoms with Gasteiger partial charge in [-0.1, -0.05) is 24.3 Å². The normalized spacial score (nSPS) is 21.9. The van der Waals surface area contributed by atoms with E-state index < -0.39 is 0 Å². The van der Waals surface area contributed by atoms with Gasteiger partial charge in [0.25, 0.3) is 0 Å². The number of nitrogens with zero attached hydrogens (tertiary/aromatic N) is 1. The summed E-state index contributed by atoms with van der Waals surface area (Å²) in [6, 6.07) is 10.1. The molecule has 94 valence electrons. The third-order valence-electron chi connectivity index (χ3n) is 3.64. The maximum atomic E-state index is 6.37. The van der Waals surface area contributed by atoms with E-state index in [9.17, 15) is 0 Å². The highest BCUT2D eigenvalue weighted by atomic mass is 16.5. The summed E-state index contributed by atoms with van der Waals surface area (Å²) in [6.07, 6.45) is 5.35. The molecule has 3 rings (SSSR count). The Kier molecular flexibility index (Phi) is 3.26. The van der Waals surface area contributed by atoms with Gasteiger partial charge < -0.3 is 10.5 Å². The number of hydrogen-bond acceptors (Lipinski definition) is 3. The first-order valence-electron chi connectivity index (χ1n) is 6.57. The van der Waals surface area contributed by atoms with Gasteiger partial charge in [0.05, 0.1) is 17.7 Å². The molecule has 1 fully saturated rings. The summed E-state index contributed by atoms with van der Waals surface area (Å²) in [6.45, 7) is 0.830. The number of pyridine rings is 1. The summed E-state index contributed by atoms with van der Waals surface area (Å²) in [7, 11) is 0. The van der Waals surface area contributed by atoms with Crippen LogP contribution in [-0.2, 0) is 4.74 Å². The van der Waals surface area contributed by atoms with E-state index in [1.165, 1.54) is 6.42 Å². The third-order valence-corrected chi connectivity index (χ3v) is 3.64. The topological polar surface area (TPSA) is 48.1 Å². The van der Waals surface area contributed by atoms with Crippen molar-refractivity contribution in [2.75, 3.05) is 6.61 Å². The Morgan fingerprint density at radius 1 is 1.22 bits per heavy atom. The van der Waals surface area contributed by atoms with Crippen molar-refractivity contribution in [2.24, 2.45) is 5.73 Å². The molecule has 2 atom stereocenters. The fraction of sp³-hybridized carbons (Fsp3) is 0.400. The molecule has 2 N–H and O–H groups in total. The third kappa shape index (κ3) is 2.11. The van der Waals surface area contributed by atoms with Crippen LogP contribution in [0.4, 0.5) is 0 Å².